The van der Waals surface area contributed by atoms with Gasteiger partial charge in [-0.2, -0.15) is 0 Å². The summed E-state index contributed by atoms with van der Waals surface area (Å²) in [7, 11) is 0. The monoisotopic (exact) mass is 201 g/mol. The molecule has 0 aromatic carbocycles. The normalized spacial score (nSPS) is 11.9. The van der Waals surface area contributed by atoms with Gasteiger partial charge in [0.1, 0.15) is 0 Å². The van der Waals surface area contributed by atoms with Crippen LogP contribution in [0, 0.1) is 0 Å². The third-order valence-electron chi connectivity index (χ3n) is 1.59. The number of hydrogen-bond acceptors (Lipinski definition) is 3. The van der Waals surface area contributed by atoms with Gasteiger partial charge in [0, 0.05) is 13.1 Å². The van der Waals surface area contributed by atoms with Crippen LogP contribution in [0.1, 0.15) is 19.8 Å². The van der Waals surface area contributed by atoms with Crippen LogP contribution in [0.4, 0.5) is 0 Å². The summed E-state index contributed by atoms with van der Waals surface area (Å²) in [6, 6.07) is -0.451. The van der Waals surface area contributed by atoms with Crippen molar-refractivity contribution in [2.24, 2.45) is 22.2 Å². The average Bonchev–Trinajstić information content (AvgIpc) is 2.09. The zero-order valence-electron chi connectivity index (χ0n) is 8.49. The molecule has 0 bridgehead atoms. The second kappa shape index (κ2) is 7.14. The molecule has 0 saturated heterocycles. The first-order valence-corrected chi connectivity index (χ1v) is 4.62. The minimum atomic E-state index is -0.451. The highest BCUT2D eigenvalue weighted by atomic mass is 16.2. The summed E-state index contributed by atoms with van der Waals surface area (Å²) in [5.41, 5.74) is 15.6. The predicted molar refractivity (Wildman–Crippen MR) is 56.6 cm³/mol. The molecule has 0 fully saturated rings. The third kappa shape index (κ3) is 7.35. The maximum Gasteiger partial charge on any atom is 0.236 e. The van der Waals surface area contributed by atoms with Gasteiger partial charge >= 0.3 is 0 Å². The number of aliphatic imine (C=N–C) groups is 1. The molecule has 7 N–H and O–H groups in total. The number of carbonyl (C=O) groups excluding carboxylic acids is 1. The molecule has 0 aromatic rings. The van der Waals surface area contributed by atoms with Crippen molar-refractivity contribution in [2.75, 3.05) is 13.1 Å². The van der Waals surface area contributed by atoms with Gasteiger partial charge in [-0.3, -0.25) is 9.79 Å². The largest absolute Gasteiger partial charge is 0.370 e. The van der Waals surface area contributed by atoms with Crippen molar-refractivity contribution < 1.29 is 4.79 Å². The maximum absolute atomic E-state index is 11.0. The van der Waals surface area contributed by atoms with Crippen molar-refractivity contribution in [2.45, 2.75) is 25.8 Å². The molecule has 0 radical (unpaired) electrons. The van der Waals surface area contributed by atoms with Crippen LogP contribution in [-0.2, 0) is 4.79 Å². The highest BCUT2D eigenvalue weighted by Gasteiger charge is 2.04. The van der Waals surface area contributed by atoms with Gasteiger partial charge in [0.15, 0.2) is 5.96 Å². The fourth-order valence-corrected chi connectivity index (χ4v) is 0.818. The van der Waals surface area contributed by atoms with Crippen molar-refractivity contribution in [1.82, 2.24) is 5.32 Å². The minimum Gasteiger partial charge on any atom is -0.370 e. The Kier molecular flexibility index (Phi) is 6.47. The number of nitrogens with two attached hydrogens (primary N) is 3. The molecule has 6 nitrogen and oxygen atoms in total. The Labute approximate surface area is 83.9 Å². The molecular weight excluding hydrogens is 182 g/mol. The molecule has 1 amide bonds. The van der Waals surface area contributed by atoms with Crippen LogP contribution in [0.5, 0.6) is 0 Å². The van der Waals surface area contributed by atoms with Crippen molar-refractivity contribution in [3.05, 3.63) is 0 Å². The van der Waals surface area contributed by atoms with E-state index in [-0.39, 0.29) is 11.9 Å². The number of guanidine groups is 1. The molecular formula is C8H19N5O. The molecule has 0 saturated carbocycles. The first kappa shape index (κ1) is 12.7. The highest BCUT2D eigenvalue weighted by molar-refractivity contribution is 5.80. The fourth-order valence-electron chi connectivity index (χ4n) is 0.818. The van der Waals surface area contributed by atoms with E-state index in [4.69, 9.17) is 17.2 Å². The number of unbranched alkanes of at least 4 members (excludes halogenated alkanes) is 1. The van der Waals surface area contributed by atoms with Crippen molar-refractivity contribution in [3.63, 3.8) is 0 Å². The molecule has 0 aliphatic rings. The lowest BCUT2D eigenvalue weighted by Crippen LogP contribution is -2.38. The molecule has 0 rings (SSSR count). The summed E-state index contributed by atoms with van der Waals surface area (Å²) < 4.78 is 0. The van der Waals surface area contributed by atoms with Gasteiger partial charge in [0.25, 0.3) is 0 Å². The van der Waals surface area contributed by atoms with Gasteiger partial charge < -0.3 is 22.5 Å². The highest BCUT2D eigenvalue weighted by Crippen LogP contribution is 1.87. The Balaban J connectivity index is 3.30. The minimum absolute atomic E-state index is 0.101. The average molecular weight is 201 g/mol. The van der Waals surface area contributed by atoms with Crippen LogP contribution in [0.3, 0.4) is 0 Å². The summed E-state index contributed by atoms with van der Waals surface area (Å²) in [4.78, 5) is 14.8. The van der Waals surface area contributed by atoms with Gasteiger partial charge in [-0.05, 0) is 19.8 Å². The molecule has 82 valence electrons. The number of nitrogens with zero attached hydrogens (tertiary/aromatic N) is 1. The van der Waals surface area contributed by atoms with Crippen LogP contribution >= 0.6 is 0 Å². The lowest BCUT2D eigenvalue weighted by atomic mass is 10.3. The smallest absolute Gasteiger partial charge is 0.236 e. The number of carbonyl (C=O) groups is 1. The molecule has 1 unspecified atom stereocenters. The van der Waals surface area contributed by atoms with E-state index >= 15 is 0 Å². The van der Waals surface area contributed by atoms with Crippen LogP contribution in [0.15, 0.2) is 4.99 Å². The van der Waals surface area contributed by atoms with Crippen LogP contribution in [-0.4, -0.2) is 31.0 Å². The zero-order chi connectivity index (χ0) is 11.0. The molecule has 0 aliphatic carbocycles. The Bertz CT molecular complexity index is 198. The maximum atomic E-state index is 11.0. The van der Waals surface area contributed by atoms with E-state index in [0.717, 1.165) is 12.8 Å². The summed E-state index contributed by atoms with van der Waals surface area (Å²) >= 11 is 0. The molecule has 0 aliphatic heterocycles. The third-order valence-corrected chi connectivity index (χ3v) is 1.59. The molecule has 6 heteroatoms. The second-order valence-corrected chi connectivity index (χ2v) is 3.09. The van der Waals surface area contributed by atoms with E-state index in [0.29, 0.717) is 13.1 Å². The second-order valence-electron chi connectivity index (χ2n) is 3.09. The first-order chi connectivity index (χ1) is 6.54. The van der Waals surface area contributed by atoms with Crippen LogP contribution < -0.4 is 22.5 Å². The van der Waals surface area contributed by atoms with E-state index in [9.17, 15) is 4.79 Å². The van der Waals surface area contributed by atoms with E-state index in [2.05, 4.69) is 10.3 Å². The summed E-state index contributed by atoms with van der Waals surface area (Å²) in [6.07, 6.45) is 1.69. The molecule has 0 heterocycles. The van der Waals surface area contributed by atoms with E-state index in [1.807, 2.05) is 0 Å². The summed E-state index contributed by atoms with van der Waals surface area (Å²) in [6.45, 7) is 2.85. The van der Waals surface area contributed by atoms with Crippen molar-refractivity contribution in [1.29, 1.82) is 0 Å². The number of rotatable bonds is 6. The molecule has 0 spiro atoms. The van der Waals surface area contributed by atoms with Crippen molar-refractivity contribution in [3.8, 4) is 0 Å². The Morgan fingerprint density at radius 3 is 2.57 bits per heavy atom. The van der Waals surface area contributed by atoms with E-state index < -0.39 is 6.04 Å². The summed E-state index contributed by atoms with van der Waals surface area (Å²) in [5, 5.41) is 2.70. The van der Waals surface area contributed by atoms with Gasteiger partial charge in [-0.15, -0.1) is 0 Å². The first-order valence-electron chi connectivity index (χ1n) is 4.62. The lowest BCUT2D eigenvalue weighted by molar-refractivity contribution is -0.121. The topological polar surface area (TPSA) is 120 Å². The quantitative estimate of drug-likeness (QED) is 0.237. The Morgan fingerprint density at radius 1 is 1.43 bits per heavy atom. The Hall–Kier alpha value is -1.30. The van der Waals surface area contributed by atoms with E-state index in [1.54, 1.807) is 6.92 Å². The SMILES string of the molecule is CC(N)C(=O)NCCCCN=C(N)N. The van der Waals surface area contributed by atoms with Gasteiger partial charge in [0.2, 0.25) is 5.91 Å². The number of hydrogen-bond donors (Lipinski definition) is 4. The van der Waals surface area contributed by atoms with Gasteiger partial charge in [0.05, 0.1) is 6.04 Å². The van der Waals surface area contributed by atoms with E-state index in [1.165, 1.54) is 0 Å². The number of amides is 1. The summed E-state index contributed by atoms with van der Waals surface area (Å²) in [5.74, 6) is -0.0311. The van der Waals surface area contributed by atoms with Gasteiger partial charge in [-0.1, -0.05) is 0 Å². The fraction of sp³-hybridized carbons (Fsp3) is 0.750. The standard InChI is InChI=1S/C8H19N5O/c1-6(9)7(14)12-4-2-3-5-13-8(10)11/h6H,2-5,9H2,1H3,(H,12,14)(H4,10,11,13). The molecule has 0 aromatic heterocycles. The van der Waals surface area contributed by atoms with Gasteiger partial charge in [-0.25, -0.2) is 0 Å². The van der Waals surface area contributed by atoms with Crippen LogP contribution in [0.25, 0.3) is 0 Å². The molecule has 14 heavy (non-hydrogen) atoms. The molecule has 1 atom stereocenters. The predicted octanol–water partition coefficient (Wildman–Crippen LogP) is -1.50. The zero-order valence-corrected chi connectivity index (χ0v) is 8.49. The van der Waals surface area contributed by atoms with Crippen molar-refractivity contribution >= 4 is 11.9 Å². The van der Waals surface area contributed by atoms with Crippen LogP contribution in [0.2, 0.25) is 0 Å². The lowest BCUT2D eigenvalue weighted by Gasteiger charge is -2.06. The Morgan fingerprint density at radius 2 is 2.07 bits per heavy atom. The number of nitrogens with one attached hydrogen (secondary N) is 1.